The third-order valence-electron chi connectivity index (χ3n) is 5.17. The molecule has 5 heteroatoms. The summed E-state index contributed by atoms with van der Waals surface area (Å²) in [7, 11) is 0. The predicted molar refractivity (Wildman–Crippen MR) is 113 cm³/mol. The minimum absolute atomic E-state index is 0.125. The molecule has 0 atom stereocenters. The van der Waals surface area contributed by atoms with Gasteiger partial charge in [0, 0.05) is 52.0 Å². The van der Waals surface area contributed by atoms with Crippen LogP contribution in [0.25, 0.3) is 0 Å². The molecule has 152 valence electrons. The Morgan fingerprint density at radius 1 is 1.07 bits per heavy atom. The molecule has 1 aromatic carbocycles. The van der Waals surface area contributed by atoms with Crippen molar-refractivity contribution in [1.29, 1.82) is 5.26 Å². The van der Waals surface area contributed by atoms with E-state index in [9.17, 15) is 10.1 Å². The monoisotopic (exact) mass is 382 g/mol. The molecule has 1 fully saturated rings. The average molecular weight is 383 g/mol. The number of nitrogens with zero attached hydrogens (tertiary/aromatic N) is 4. The van der Waals surface area contributed by atoms with Crippen LogP contribution in [-0.2, 0) is 11.3 Å². The molecular formula is C23H34N4O. The first-order valence-electron chi connectivity index (χ1n) is 10.6. The van der Waals surface area contributed by atoms with E-state index in [1.165, 1.54) is 5.56 Å². The second-order valence-electron chi connectivity index (χ2n) is 7.45. The number of carbonyl (C=O) groups is 1. The summed E-state index contributed by atoms with van der Waals surface area (Å²) in [4.78, 5) is 19.2. The zero-order chi connectivity index (χ0) is 20.2. The normalized spacial score (nSPS) is 15.3. The van der Waals surface area contributed by atoms with E-state index in [1.807, 2.05) is 11.0 Å². The minimum Gasteiger partial charge on any atom is -0.376 e. The van der Waals surface area contributed by atoms with E-state index < -0.39 is 0 Å². The van der Waals surface area contributed by atoms with Gasteiger partial charge in [-0.2, -0.15) is 5.26 Å². The SMILES string of the molecule is CCCCN(/C=C(/C#N)C(=O)N1CCN(Cc2ccccc2)CC1)CCCC. The Balaban J connectivity index is 1.92. The number of nitriles is 1. The highest BCUT2D eigenvalue weighted by molar-refractivity contribution is 5.97. The largest absolute Gasteiger partial charge is 0.376 e. The van der Waals surface area contributed by atoms with E-state index in [2.05, 4.69) is 54.0 Å². The van der Waals surface area contributed by atoms with Gasteiger partial charge >= 0.3 is 0 Å². The molecule has 1 heterocycles. The van der Waals surface area contributed by atoms with Crippen LogP contribution in [0.3, 0.4) is 0 Å². The van der Waals surface area contributed by atoms with E-state index >= 15 is 0 Å². The molecule has 0 bridgehead atoms. The molecule has 1 saturated heterocycles. The van der Waals surface area contributed by atoms with Gasteiger partial charge in [-0.05, 0) is 18.4 Å². The highest BCUT2D eigenvalue weighted by atomic mass is 16.2. The molecule has 0 aliphatic carbocycles. The maximum absolute atomic E-state index is 12.9. The summed E-state index contributed by atoms with van der Waals surface area (Å²) in [6.07, 6.45) is 6.16. The molecule has 1 amide bonds. The summed E-state index contributed by atoms with van der Waals surface area (Å²) in [5, 5.41) is 9.57. The molecule has 0 saturated carbocycles. The molecular weight excluding hydrogens is 348 g/mol. The highest BCUT2D eigenvalue weighted by Crippen LogP contribution is 2.12. The number of piperazine rings is 1. The van der Waals surface area contributed by atoms with Gasteiger partial charge in [0.15, 0.2) is 0 Å². The highest BCUT2D eigenvalue weighted by Gasteiger charge is 2.24. The van der Waals surface area contributed by atoms with E-state index in [4.69, 9.17) is 0 Å². The van der Waals surface area contributed by atoms with E-state index in [0.29, 0.717) is 13.1 Å². The zero-order valence-electron chi connectivity index (χ0n) is 17.4. The molecule has 0 N–H and O–H groups in total. The van der Waals surface area contributed by atoms with E-state index in [1.54, 1.807) is 6.20 Å². The number of amides is 1. The Kier molecular flexibility index (Phi) is 9.57. The fourth-order valence-electron chi connectivity index (χ4n) is 3.40. The molecule has 0 aromatic heterocycles. The summed E-state index contributed by atoms with van der Waals surface area (Å²) < 4.78 is 0. The topological polar surface area (TPSA) is 50.6 Å². The Hall–Kier alpha value is -2.32. The number of carbonyl (C=O) groups excluding carboxylic acids is 1. The average Bonchev–Trinajstić information content (AvgIpc) is 2.74. The second kappa shape index (κ2) is 12.2. The zero-order valence-corrected chi connectivity index (χ0v) is 17.4. The van der Waals surface area contributed by atoms with Gasteiger partial charge in [0.25, 0.3) is 5.91 Å². The first-order chi connectivity index (χ1) is 13.7. The van der Waals surface area contributed by atoms with Crippen molar-refractivity contribution >= 4 is 5.91 Å². The van der Waals surface area contributed by atoms with Crippen LogP contribution < -0.4 is 0 Å². The molecule has 1 aliphatic rings. The Morgan fingerprint density at radius 2 is 1.68 bits per heavy atom. The van der Waals surface area contributed by atoms with Crippen molar-refractivity contribution in [3.8, 4) is 6.07 Å². The third kappa shape index (κ3) is 7.01. The van der Waals surface area contributed by atoms with Crippen LogP contribution in [-0.4, -0.2) is 59.9 Å². The smallest absolute Gasteiger partial charge is 0.266 e. The molecule has 1 aliphatic heterocycles. The maximum atomic E-state index is 12.9. The van der Waals surface area contributed by atoms with E-state index in [0.717, 1.165) is 58.4 Å². The van der Waals surface area contributed by atoms with Gasteiger partial charge in [-0.15, -0.1) is 0 Å². The molecule has 0 radical (unpaired) electrons. The standard InChI is InChI=1S/C23H34N4O/c1-3-5-12-25(13-6-4-2)20-22(18-24)23(28)27-16-14-26(15-17-27)19-21-10-8-7-9-11-21/h7-11,20H,3-6,12-17,19H2,1-2H3/b22-20-. The number of benzene rings is 1. The maximum Gasteiger partial charge on any atom is 0.266 e. The van der Waals surface area contributed by atoms with Crippen molar-refractivity contribution in [3.05, 3.63) is 47.7 Å². The van der Waals surface area contributed by atoms with Crippen molar-refractivity contribution in [2.75, 3.05) is 39.3 Å². The van der Waals surface area contributed by atoms with Crippen LogP contribution >= 0.6 is 0 Å². The Morgan fingerprint density at radius 3 is 2.21 bits per heavy atom. The summed E-state index contributed by atoms with van der Waals surface area (Å²) in [5.74, 6) is -0.125. The van der Waals surface area contributed by atoms with Crippen molar-refractivity contribution < 1.29 is 4.79 Å². The van der Waals surface area contributed by atoms with Gasteiger partial charge in [0.2, 0.25) is 0 Å². The van der Waals surface area contributed by atoms with Crippen LogP contribution in [0, 0.1) is 11.3 Å². The van der Waals surface area contributed by atoms with Crippen molar-refractivity contribution in [2.45, 2.75) is 46.1 Å². The summed E-state index contributed by atoms with van der Waals surface area (Å²) in [6.45, 7) is 10.1. The van der Waals surface area contributed by atoms with Gasteiger partial charge in [0.1, 0.15) is 11.6 Å². The summed E-state index contributed by atoms with van der Waals surface area (Å²) >= 11 is 0. The molecule has 2 rings (SSSR count). The fourth-order valence-corrected chi connectivity index (χ4v) is 3.40. The Bertz CT molecular complexity index is 649. The van der Waals surface area contributed by atoms with Gasteiger partial charge in [-0.3, -0.25) is 9.69 Å². The third-order valence-corrected chi connectivity index (χ3v) is 5.17. The summed E-state index contributed by atoms with van der Waals surface area (Å²) in [6, 6.07) is 12.6. The van der Waals surface area contributed by atoms with Crippen molar-refractivity contribution in [3.63, 3.8) is 0 Å². The fraction of sp³-hybridized carbons (Fsp3) is 0.565. The van der Waals surface area contributed by atoms with Crippen LogP contribution in [0.5, 0.6) is 0 Å². The van der Waals surface area contributed by atoms with Crippen LogP contribution in [0.4, 0.5) is 0 Å². The van der Waals surface area contributed by atoms with Gasteiger partial charge in [-0.25, -0.2) is 0 Å². The molecule has 0 unspecified atom stereocenters. The van der Waals surface area contributed by atoms with Crippen LogP contribution in [0.1, 0.15) is 45.1 Å². The first-order valence-corrected chi connectivity index (χ1v) is 10.6. The quantitative estimate of drug-likeness (QED) is 0.458. The number of unbranched alkanes of at least 4 members (excludes halogenated alkanes) is 2. The van der Waals surface area contributed by atoms with E-state index in [-0.39, 0.29) is 11.5 Å². The second-order valence-corrected chi connectivity index (χ2v) is 7.45. The van der Waals surface area contributed by atoms with Gasteiger partial charge in [-0.1, -0.05) is 57.0 Å². The lowest BCUT2D eigenvalue weighted by atomic mass is 10.2. The first kappa shape index (κ1) is 22.0. The minimum atomic E-state index is -0.125. The number of hydrogen-bond donors (Lipinski definition) is 0. The lowest BCUT2D eigenvalue weighted by Gasteiger charge is -2.34. The van der Waals surface area contributed by atoms with Gasteiger partial charge in [0.05, 0.1) is 0 Å². The Labute approximate surface area is 170 Å². The lowest BCUT2D eigenvalue weighted by molar-refractivity contribution is -0.128. The molecule has 1 aromatic rings. The molecule has 0 spiro atoms. The summed E-state index contributed by atoms with van der Waals surface area (Å²) in [5.41, 5.74) is 1.56. The van der Waals surface area contributed by atoms with Crippen LogP contribution in [0.2, 0.25) is 0 Å². The predicted octanol–water partition coefficient (Wildman–Crippen LogP) is 3.64. The number of hydrogen-bond acceptors (Lipinski definition) is 4. The van der Waals surface area contributed by atoms with Gasteiger partial charge < -0.3 is 9.80 Å². The van der Waals surface area contributed by atoms with Crippen LogP contribution in [0.15, 0.2) is 42.1 Å². The molecule has 5 nitrogen and oxygen atoms in total. The van der Waals surface area contributed by atoms with Crippen molar-refractivity contribution in [1.82, 2.24) is 14.7 Å². The molecule has 28 heavy (non-hydrogen) atoms. The number of rotatable bonds is 10. The lowest BCUT2D eigenvalue weighted by Crippen LogP contribution is -2.48. The van der Waals surface area contributed by atoms with Crippen molar-refractivity contribution in [2.24, 2.45) is 0 Å².